The number of aryl methyl sites for hydroxylation is 3. The van der Waals surface area contributed by atoms with E-state index >= 15 is 0 Å². The van der Waals surface area contributed by atoms with E-state index in [0.717, 1.165) is 11.4 Å². The second-order valence-electron chi connectivity index (χ2n) is 4.84. The summed E-state index contributed by atoms with van der Waals surface area (Å²) in [6.07, 6.45) is 0. The Kier molecular flexibility index (Phi) is 4.35. The zero-order valence-electron chi connectivity index (χ0n) is 11.8. The average Bonchev–Trinajstić information content (AvgIpc) is 2.38. The third-order valence-corrected chi connectivity index (χ3v) is 3.38. The smallest absolute Gasteiger partial charge is 0.175 e. The average molecular weight is 288 g/mol. The fourth-order valence-corrected chi connectivity index (χ4v) is 2.07. The van der Waals surface area contributed by atoms with Gasteiger partial charge in [0.1, 0.15) is 5.82 Å². The van der Waals surface area contributed by atoms with Crippen molar-refractivity contribution in [1.82, 2.24) is 0 Å². The molecule has 0 aliphatic carbocycles. The second kappa shape index (κ2) is 6.01. The van der Waals surface area contributed by atoms with Gasteiger partial charge in [-0.3, -0.25) is 0 Å². The highest BCUT2D eigenvalue weighted by molar-refractivity contribution is 7.80. The lowest BCUT2D eigenvalue weighted by atomic mass is 10.1. The number of thiocarbonyl (C=S) groups is 1. The number of hydrogen-bond donors (Lipinski definition) is 2. The fraction of sp³-hybridized carbons (Fsp3) is 0.188. The molecule has 104 valence electrons. The second-order valence-corrected chi connectivity index (χ2v) is 5.25. The van der Waals surface area contributed by atoms with E-state index < -0.39 is 0 Å². The Morgan fingerprint density at radius 1 is 0.850 bits per heavy atom. The van der Waals surface area contributed by atoms with Gasteiger partial charge < -0.3 is 10.6 Å². The molecule has 0 spiro atoms. The van der Waals surface area contributed by atoms with Crippen LogP contribution >= 0.6 is 12.2 Å². The van der Waals surface area contributed by atoms with E-state index in [1.54, 1.807) is 19.1 Å². The first kappa shape index (κ1) is 14.5. The van der Waals surface area contributed by atoms with Crippen LogP contribution in [0.15, 0.2) is 36.4 Å². The molecule has 2 rings (SSSR count). The Labute approximate surface area is 124 Å². The summed E-state index contributed by atoms with van der Waals surface area (Å²) in [4.78, 5) is 0. The topological polar surface area (TPSA) is 24.1 Å². The van der Waals surface area contributed by atoms with Gasteiger partial charge in [-0.15, -0.1) is 0 Å². The molecule has 2 nitrogen and oxygen atoms in total. The summed E-state index contributed by atoms with van der Waals surface area (Å²) in [7, 11) is 0. The van der Waals surface area contributed by atoms with Crippen molar-refractivity contribution in [3.63, 3.8) is 0 Å². The lowest BCUT2D eigenvalue weighted by molar-refractivity contribution is 0.619. The highest BCUT2D eigenvalue weighted by atomic mass is 32.1. The minimum atomic E-state index is -0.219. The molecular weight excluding hydrogens is 271 g/mol. The van der Waals surface area contributed by atoms with Crippen molar-refractivity contribution < 1.29 is 4.39 Å². The zero-order chi connectivity index (χ0) is 14.7. The van der Waals surface area contributed by atoms with Crippen LogP contribution in [0.5, 0.6) is 0 Å². The van der Waals surface area contributed by atoms with Gasteiger partial charge in [0.15, 0.2) is 5.11 Å². The van der Waals surface area contributed by atoms with Crippen LogP contribution in [-0.4, -0.2) is 5.11 Å². The van der Waals surface area contributed by atoms with E-state index in [4.69, 9.17) is 12.2 Å². The fourth-order valence-electron chi connectivity index (χ4n) is 1.84. The summed E-state index contributed by atoms with van der Waals surface area (Å²) in [5, 5.41) is 6.65. The van der Waals surface area contributed by atoms with Gasteiger partial charge in [0.2, 0.25) is 0 Å². The zero-order valence-corrected chi connectivity index (χ0v) is 12.6. The molecular formula is C16H17FN2S. The molecule has 0 aromatic heterocycles. The summed E-state index contributed by atoms with van der Waals surface area (Å²) in [5.41, 5.74) is 4.73. The number of halogens is 1. The number of rotatable bonds is 2. The molecule has 0 heterocycles. The number of anilines is 2. The van der Waals surface area contributed by atoms with Crippen LogP contribution < -0.4 is 10.6 Å². The van der Waals surface area contributed by atoms with Gasteiger partial charge in [-0.05, 0) is 80.0 Å². The maximum absolute atomic E-state index is 13.2. The van der Waals surface area contributed by atoms with Crippen molar-refractivity contribution in [2.24, 2.45) is 0 Å². The highest BCUT2D eigenvalue weighted by Crippen LogP contribution is 2.16. The quantitative estimate of drug-likeness (QED) is 0.792. The highest BCUT2D eigenvalue weighted by Gasteiger charge is 2.02. The summed E-state index contributed by atoms with van der Waals surface area (Å²) in [6, 6.07) is 10.9. The van der Waals surface area contributed by atoms with E-state index in [0.29, 0.717) is 10.7 Å². The Hall–Kier alpha value is -1.94. The monoisotopic (exact) mass is 288 g/mol. The first-order valence-electron chi connectivity index (χ1n) is 6.37. The van der Waals surface area contributed by atoms with Crippen LogP contribution in [0.4, 0.5) is 15.8 Å². The van der Waals surface area contributed by atoms with Crippen molar-refractivity contribution in [1.29, 1.82) is 0 Å². The SMILES string of the molecule is Cc1ccc(NC(=S)Nc2ccc(F)c(C)c2)cc1C. The predicted molar refractivity (Wildman–Crippen MR) is 86.9 cm³/mol. The van der Waals surface area contributed by atoms with Crippen LogP contribution in [-0.2, 0) is 0 Å². The Morgan fingerprint density at radius 3 is 1.95 bits per heavy atom. The summed E-state index contributed by atoms with van der Waals surface area (Å²) < 4.78 is 13.2. The standard InChI is InChI=1S/C16H17FN2S/c1-10-4-5-13(8-11(10)2)18-16(20)19-14-6-7-15(17)12(3)9-14/h4-9H,1-3H3,(H2,18,19,20). The van der Waals surface area contributed by atoms with Gasteiger partial charge in [0.05, 0.1) is 0 Å². The molecule has 0 unspecified atom stereocenters. The predicted octanol–water partition coefficient (Wildman–Crippen LogP) is 4.56. The first-order valence-corrected chi connectivity index (χ1v) is 6.78. The number of nitrogens with one attached hydrogen (secondary N) is 2. The summed E-state index contributed by atoms with van der Waals surface area (Å²) >= 11 is 5.25. The maximum atomic E-state index is 13.2. The third-order valence-electron chi connectivity index (χ3n) is 3.18. The van der Waals surface area contributed by atoms with E-state index in [1.807, 2.05) is 18.2 Å². The van der Waals surface area contributed by atoms with Crippen molar-refractivity contribution >= 4 is 28.7 Å². The molecule has 2 aromatic carbocycles. The van der Waals surface area contributed by atoms with Crippen molar-refractivity contribution in [3.8, 4) is 0 Å². The molecule has 2 aromatic rings. The molecule has 0 saturated heterocycles. The minimum absolute atomic E-state index is 0.219. The molecule has 0 atom stereocenters. The minimum Gasteiger partial charge on any atom is -0.332 e. The largest absolute Gasteiger partial charge is 0.332 e. The first-order chi connectivity index (χ1) is 9.45. The number of hydrogen-bond acceptors (Lipinski definition) is 1. The molecule has 4 heteroatoms. The molecule has 20 heavy (non-hydrogen) atoms. The van der Waals surface area contributed by atoms with Crippen molar-refractivity contribution in [2.75, 3.05) is 10.6 Å². The van der Waals surface area contributed by atoms with E-state index in [2.05, 4.69) is 24.5 Å². The van der Waals surface area contributed by atoms with Gasteiger partial charge in [-0.1, -0.05) is 6.07 Å². The van der Waals surface area contributed by atoms with Crippen LogP contribution in [0, 0.1) is 26.6 Å². The lowest BCUT2D eigenvalue weighted by Gasteiger charge is -2.12. The van der Waals surface area contributed by atoms with Crippen LogP contribution in [0.2, 0.25) is 0 Å². The molecule has 0 saturated carbocycles. The Morgan fingerprint density at radius 2 is 1.40 bits per heavy atom. The van der Waals surface area contributed by atoms with E-state index in [-0.39, 0.29) is 5.82 Å². The molecule has 0 amide bonds. The molecule has 0 aliphatic rings. The van der Waals surface area contributed by atoms with Crippen LogP contribution in [0.25, 0.3) is 0 Å². The van der Waals surface area contributed by atoms with Gasteiger partial charge in [0, 0.05) is 11.4 Å². The molecule has 0 bridgehead atoms. The molecule has 0 fully saturated rings. The van der Waals surface area contributed by atoms with Gasteiger partial charge >= 0.3 is 0 Å². The Bertz CT molecular complexity index is 597. The Balaban J connectivity index is 2.04. The van der Waals surface area contributed by atoms with E-state index in [1.165, 1.54) is 17.2 Å². The molecule has 0 aliphatic heterocycles. The van der Waals surface area contributed by atoms with Crippen LogP contribution in [0.1, 0.15) is 16.7 Å². The summed E-state index contributed by atoms with van der Waals surface area (Å²) in [6.45, 7) is 5.84. The van der Waals surface area contributed by atoms with Crippen LogP contribution in [0.3, 0.4) is 0 Å². The third kappa shape index (κ3) is 3.54. The number of benzene rings is 2. The molecule has 2 N–H and O–H groups in total. The molecule has 0 radical (unpaired) electrons. The van der Waals surface area contributed by atoms with E-state index in [9.17, 15) is 4.39 Å². The lowest BCUT2D eigenvalue weighted by Crippen LogP contribution is -2.19. The van der Waals surface area contributed by atoms with Crippen molar-refractivity contribution in [2.45, 2.75) is 20.8 Å². The normalized spacial score (nSPS) is 10.2. The summed E-state index contributed by atoms with van der Waals surface area (Å²) in [5.74, 6) is -0.219. The van der Waals surface area contributed by atoms with Gasteiger partial charge in [-0.2, -0.15) is 0 Å². The van der Waals surface area contributed by atoms with Gasteiger partial charge in [-0.25, -0.2) is 4.39 Å². The van der Waals surface area contributed by atoms with Crippen molar-refractivity contribution in [3.05, 3.63) is 58.9 Å². The maximum Gasteiger partial charge on any atom is 0.175 e. The van der Waals surface area contributed by atoms with Gasteiger partial charge in [0.25, 0.3) is 0 Å².